The molecule has 2 aliphatic rings. The minimum atomic E-state index is -0.0509. The van der Waals surface area contributed by atoms with Crippen molar-refractivity contribution < 1.29 is 4.79 Å². The topological polar surface area (TPSA) is 43.1 Å². The van der Waals surface area contributed by atoms with E-state index in [4.69, 9.17) is 5.73 Å². The van der Waals surface area contributed by atoms with E-state index in [0.29, 0.717) is 18.2 Å². The van der Waals surface area contributed by atoms with Gasteiger partial charge in [0.15, 0.2) is 0 Å². The van der Waals surface area contributed by atoms with E-state index in [9.17, 15) is 4.79 Å². The number of carbonyl (C=O) groups excluding carboxylic acids is 1. The molecule has 0 aliphatic heterocycles. The van der Waals surface area contributed by atoms with Crippen molar-refractivity contribution in [1.29, 1.82) is 0 Å². The molecule has 0 spiro atoms. The van der Waals surface area contributed by atoms with Crippen LogP contribution >= 0.6 is 0 Å². The third-order valence-corrected chi connectivity index (χ3v) is 3.23. The first-order valence-electron chi connectivity index (χ1n) is 4.03. The molecule has 0 radical (unpaired) electrons. The monoisotopic (exact) mass is 139 g/mol. The molecule has 2 heteroatoms. The summed E-state index contributed by atoms with van der Waals surface area (Å²) in [7, 11) is 0. The van der Waals surface area contributed by atoms with E-state index < -0.39 is 0 Å². The summed E-state index contributed by atoms with van der Waals surface area (Å²) in [5.41, 5.74) is 5.52. The van der Waals surface area contributed by atoms with E-state index in [1.165, 1.54) is 0 Å². The van der Waals surface area contributed by atoms with Crippen molar-refractivity contribution >= 4 is 5.78 Å². The van der Waals surface area contributed by atoms with Gasteiger partial charge in [-0.1, -0.05) is 0 Å². The normalized spacial score (nSPS) is 44.9. The van der Waals surface area contributed by atoms with Crippen LogP contribution in [0.1, 0.15) is 25.7 Å². The van der Waals surface area contributed by atoms with Crippen LogP contribution in [0.2, 0.25) is 0 Å². The minimum Gasteiger partial charge on any atom is -0.329 e. The number of rotatable bonds is 1. The van der Waals surface area contributed by atoms with Crippen LogP contribution < -0.4 is 5.73 Å². The zero-order valence-electron chi connectivity index (χ0n) is 6.10. The second kappa shape index (κ2) is 1.82. The summed E-state index contributed by atoms with van der Waals surface area (Å²) < 4.78 is 0. The Morgan fingerprint density at radius 1 is 1.50 bits per heavy atom. The van der Waals surface area contributed by atoms with Gasteiger partial charge in [-0.05, 0) is 25.7 Å². The van der Waals surface area contributed by atoms with E-state index in [-0.39, 0.29) is 5.41 Å². The Hall–Kier alpha value is -0.370. The van der Waals surface area contributed by atoms with Crippen LogP contribution in [0.4, 0.5) is 0 Å². The van der Waals surface area contributed by atoms with E-state index in [0.717, 1.165) is 25.7 Å². The van der Waals surface area contributed by atoms with Crippen molar-refractivity contribution in [1.82, 2.24) is 0 Å². The number of nitrogens with two attached hydrogens (primary N) is 1. The summed E-state index contributed by atoms with van der Waals surface area (Å²) >= 11 is 0. The predicted octanol–water partition coefficient (Wildman–Crippen LogP) is 0.704. The Morgan fingerprint density at radius 3 is 2.30 bits per heavy atom. The van der Waals surface area contributed by atoms with Crippen molar-refractivity contribution in [3.05, 3.63) is 0 Å². The smallest absolute Gasteiger partial charge is 0.143 e. The van der Waals surface area contributed by atoms with Crippen LogP contribution in [0, 0.1) is 11.3 Å². The first kappa shape index (κ1) is 6.35. The molecule has 0 heterocycles. The molecule has 10 heavy (non-hydrogen) atoms. The lowest BCUT2D eigenvalue weighted by Crippen LogP contribution is -2.31. The third kappa shape index (κ3) is 0.553. The van der Waals surface area contributed by atoms with E-state index >= 15 is 0 Å². The molecule has 2 nitrogen and oxygen atoms in total. The van der Waals surface area contributed by atoms with Gasteiger partial charge in [0, 0.05) is 17.9 Å². The van der Waals surface area contributed by atoms with E-state index in [1.807, 2.05) is 0 Å². The van der Waals surface area contributed by atoms with E-state index in [2.05, 4.69) is 0 Å². The fourth-order valence-electron chi connectivity index (χ4n) is 2.42. The van der Waals surface area contributed by atoms with Crippen molar-refractivity contribution in [2.45, 2.75) is 25.7 Å². The highest BCUT2D eigenvalue weighted by Gasteiger charge is 2.51. The number of fused-ring (bicyclic) bond motifs is 2. The van der Waals surface area contributed by atoms with Gasteiger partial charge in [0.05, 0.1) is 0 Å². The van der Waals surface area contributed by atoms with Crippen LogP contribution in [0.3, 0.4) is 0 Å². The first-order valence-corrected chi connectivity index (χ1v) is 4.03. The summed E-state index contributed by atoms with van der Waals surface area (Å²) in [5.74, 6) is 0.860. The Balaban J connectivity index is 2.30. The number of hydrogen-bond acceptors (Lipinski definition) is 2. The number of hydrogen-bond donors (Lipinski definition) is 1. The number of carbonyl (C=O) groups is 1. The lowest BCUT2D eigenvalue weighted by Gasteiger charge is -2.21. The molecular formula is C8H13NO. The SMILES string of the molecule is NCC12CCC(CC1)C2=O. The summed E-state index contributed by atoms with van der Waals surface area (Å²) in [6.07, 6.45) is 4.34. The molecular weight excluding hydrogens is 126 g/mol. The minimum absolute atomic E-state index is 0.0509. The van der Waals surface area contributed by atoms with Gasteiger partial charge in [-0.25, -0.2) is 0 Å². The fraction of sp³-hybridized carbons (Fsp3) is 0.875. The van der Waals surface area contributed by atoms with Crippen molar-refractivity contribution in [2.24, 2.45) is 17.1 Å². The Labute approximate surface area is 60.8 Å². The standard InChI is InChI=1S/C8H13NO/c9-5-8-3-1-6(2-4-8)7(8)10/h6H,1-5,9H2. The van der Waals surface area contributed by atoms with Gasteiger partial charge in [0.2, 0.25) is 0 Å². The van der Waals surface area contributed by atoms with E-state index in [1.54, 1.807) is 0 Å². The molecule has 0 aromatic carbocycles. The van der Waals surface area contributed by atoms with Crippen LogP contribution in [0.25, 0.3) is 0 Å². The van der Waals surface area contributed by atoms with Crippen molar-refractivity contribution in [3.63, 3.8) is 0 Å². The van der Waals surface area contributed by atoms with Gasteiger partial charge in [0.1, 0.15) is 5.78 Å². The predicted molar refractivity (Wildman–Crippen MR) is 38.5 cm³/mol. The van der Waals surface area contributed by atoms with Gasteiger partial charge >= 0.3 is 0 Å². The summed E-state index contributed by atoms with van der Waals surface area (Å²) in [5, 5.41) is 0. The maximum Gasteiger partial charge on any atom is 0.143 e. The molecule has 2 aliphatic carbocycles. The lowest BCUT2D eigenvalue weighted by molar-refractivity contribution is -0.125. The quantitative estimate of drug-likeness (QED) is 0.581. The number of Topliss-reactive ketones (excluding diaryl/α,β-unsaturated/α-hetero) is 1. The molecule has 0 aromatic rings. The zero-order valence-corrected chi connectivity index (χ0v) is 6.10. The Morgan fingerprint density at radius 2 is 2.10 bits per heavy atom. The van der Waals surface area contributed by atoms with Crippen LogP contribution in [0.5, 0.6) is 0 Å². The molecule has 2 saturated carbocycles. The molecule has 56 valence electrons. The second-order valence-electron chi connectivity index (χ2n) is 3.62. The van der Waals surface area contributed by atoms with Crippen molar-refractivity contribution in [3.8, 4) is 0 Å². The Bertz CT molecular complexity index is 168. The maximum absolute atomic E-state index is 11.4. The lowest BCUT2D eigenvalue weighted by atomic mass is 9.84. The Kier molecular flexibility index (Phi) is 1.15. The molecule has 0 amide bonds. The van der Waals surface area contributed by atoms with Crippen LogP contribution in [-0.4, -0.2) is 12.3 Å². The molecule has 0 aromatic heterocycles. The molecule has 0 unspecified atom stereocenters. The molecule has 0 saturated heterocycles. The fourth-order valence-corrected chi connectivity index (χ4v) is 2.42. The molecule has 2 N–H and O–H groups in total. The molecule has 2 rings (SSSR count). The highest BCUT2D eigenvalue weighted by molar-refractivity contribution is 5.91. The average Bonchev–Trinajstić information content (AvgIpc) is 2.46. The average molecular weight is 139 g/mol. The van der Waals surface area contributed by atoms with Gasteiger partial charge in [0.25, 0.3) is 0 Å². The van der Waals surface area contributed by atoms with Crippen LogP contribution in [-0.2, 0) is 4.79 Å². The summed E-state index contributed by atoms with van der Waals surface area (Å²) in [6, 6.07) is 0. The largest absolute Gasteiger partial charge is 0.329 e. The van der Waals surface area contributed by atoms with Gasteiger partial charge in [-0.15, -0.1) is 0 Å². The molecule has 2 fully saturated rings. The zero-order chi connectivity index (χ0) is 7.19. The van der Waals surface area contributed by atoms with Gasteiger partial charge in [-0.2, -0.15) is 0 Å². The van der Waals surface area contributed by atoms with Crippen LogP contribution in [0.15, 0.2) is 0 Å². The third-order valence-electron chi connectivity index (χ3n) is 3.23. The first-order chi connectivity index (χ1) is 4.78. The highest BCUT2D eigenvalue weighted by Crippen LogP contribution is 2.50. The van der Waals surface area contributed by atoms with Gasteiger partial charge < -0.3 is 5.73 Å². The highest BCUT2D eigenvalue weighted by atomic mass is 16.1. The summed E-state index contributed by atoms with van der Waals surface area (Å²) in [4.78, 5) is 11.4. The summed E-state index contributed by atoms with van der Waals surface area (Å²) in [6.45, 7) is 0.586. The second-order valence-corrected chi connectivity index (χ2v) is 3.62. The molecule has 0 atom stereocenters. The van der Waals surface area contributed by atoms with Gasteiger partial charge in [-0.3, -0.25) is 4.79 Å². The number of ketones is 1. The van der Waals surface area contributed by atoms with Crippen molar-refractivity contribution in [2.75, 3.05) is 6.54 Å². The maximum atomic E-state index is 11.4. The molecule has 2 bridgehead atoms.